The van der Waals surface area contributed by atoms with Crippen LogP contribution in [0.3, 0.4) is 0 Å². The molecule has 1 heteroatoms. The van der Waals surface area contributed by atoms with E-state index in [1.807, 2.05) is 0 Å². The van der Waals surface area contributed by atoms with Gasteiger partial charge in [0, 0.05) is 5.38 Å². The molecule has 0 radical (unpaired) electrons. The Bertz CT molecular complexity index is 328. The monoisotopic (exact) mass is 222 g/mol. The molecule has 1 aromatic rings. The Labute approximate surface area is 97.6 Å². The van der Waals surface area contributed by atoms with E-state index in [1.54, 1.807) is 0 Å². The van der Waals surface area contributed by atoms with Gasteiger partial charge in [0.2, 0.25) is 0 Å². The molecule has 1 aliphatic rings. The zero-order valence-corrected chi connectivity index (χ0v) is 10.3. The minimum atomic E-state index is 0.304. The second-order valence-corrected chi connectivity index (χ2v) is 5.40. The number of benzene rings is 1. The molecule has 2 unspecified atom stereocenters. The van der Waals surface area contributed by atoms with Crippen molar-refractivity contribution in [2.24, 2.45) is 11.8 Å². The minimum absolute atomic E-state index is 0.304. The van der Waals surface area contributed by atoms with Gasteiger partial charge in [0.15, 0.2) is 0 Å². The van der Waals surface area contributed by atoms with Crippen molar-refractivity contribution in [3.63, 3.8) is 0 Å². The predicted octanol–water partition coefficient (Wildman–Crippen LogP) is 4.19. The van der Waals surface area contributed by atoms with Gasteiger partial charge in [-0.1, -0.05) is 31.2 Å². The molecular weight excluding hydrogens is 204 g/mol. The average molecular weight is 223 g/mol. The summed E-state index contributed by atoms with van der Waals surface area (Å²) in [5, 5.41) is 0.304. The van der Waals surface area contributed by atoms with Crippen molar-refractivity contribution in [1.29, 1.82) is 0 Å². The normalized spacial score (nSPS) is 19.9. The summed E-state index contributed by atoms with van der Waals surface area (Å²) in [6, 6.07) is 8.56. The largest absolute Gasteiger partial charge is 0.122 e. The summed E-state index contributed by atoms with van der Waals surface area (Å²) in [4.78, 5) is 0. The van der Waals surface area contributed by atoms with Gasteiger partial charge in [-0.3, -0.25) is 0 Å². The third-order valence-electron chi connectivity index (χ3n) is 3.61. The van der Waals surface area contributed by atoms with Gasteiger partial charge in [0.05, 0.1) is 0 Å². The fourth-order valence-electron chi connectivity index (χ4n) is 2.15. The predicted molar refractivity (Wildman–Crippen MR) is 66.4 cm³/mol. The zero-order valence-electron chi connectivity index (χ0n) is 9.54. The molecule has 82 valence electrons. The van der Waals surface area contributed by atoms with Gasteiger partial charge in [-0.25, -0.2) is 0 Å². The van der Waals surface area contributed by atoms with Crippen LogP contribution in [-0.2, 0) is 6.42 Å². The van der Waals surface area contributed by atoms with Crippen molar-refractivity contribution in [3.05, 3.63) is 35.4 Å². The summed E-state index contributed by atoms with van der Waals surface area (Å²) in [5.41, 5.74) is 2.77. The summed E-state index contributed by atoms with van der Waals surface area (Å²) in [6.07, 6.45) is 3.79. The molecule has 0 aliphatic heterocycles. The zero-order chi connectivity index (χ0) is 10.8. The summed E-state index contributed by atoms with van der Waals surface area (Å²) in [6.45, 7) is 4.47. The molecule has 0 amide bonds. The Morgan fingerprint density at radius 1 is 1.33 bits per heavy atom. The quantitative estimate of drug-likeness (QED) is 0.671. The maximum Gasteiger partial charge on any atom is 0.0404 e. The van der Waals surface area contributed by atoms with E-state index in [0.717, 1.165) is 12.3 Å². The standard InChI is InChI=1S/C14H19Cl/c1-10-5-3-4-6-13(10)9-14(15)11(2)12-7-8-12/h3-6,11-12,14H,7-9H2,1-2H3. The number of hydrogen-bond donors (Lipinski definition) is 0. The first-order valence-corrected chi connectivity index (χ1v) is 6.30. The number of rotatable bonds is 4. The molecule has 2 atom stereocenters. The fraction of sp³-hybridized carbons (Fsp3) is 0.571. The Morgan fingerprint density at radius 2 is 2.00 bits per heavy atom. The molecule has 0 bridgehead atoms. The lowest BCUT2D eigenvalue weighted by molar-refractivity contribution is 0.478. The molecule has 0 aromatic heterocycles. The lowest BCUT2D eigenvalue weighted by atomic mass is 9.94. The van der Waals surface area contributed by atoms with Crippen LogP contribution in [0.2, 0.25) is 0 Å². The van der Waals surface area contributed by atoms with E-state index in [9.17, 15) is 0 Å². The van der Waals surface area contributed by atoms with Crippen molar-refractivity contribution >= 4 is 11.6 Å². The van der Waals surface area contributed by atoms with E-state index in [4.69, 9.17) is 11.6 Å². The highest BCUT2D eigenvalue weighted by molar-refractivity contribution is 6.20. The van der Waals surface area contributed by atoms with Crippen LogP contribution < -0.4 is 0 Å². The molecule has 1 fully saturated rings. The van der Waals surface area contributed by atoms with Crippen molar-refractivity contribution in [2.75, 3.05) is 0 Å². The van der Waals surface area contributed by atoms with Crippen LogP contribution in [0.25, 0.3) is 0 Å². The molecule has 15 heavy (non-hydrogen) atoms. The van der Waals surface area contributed by atoms with Gasteiger partial charge < -0.3 is 0 Å². The molecule has 0 nitrogen and oxygen atoms in total. The molecule has 0 saturated heterocycles. The third-order valence-corrected chi connectivity index (χ3v) is 4.16. The van der Waals surface area contributed by atoms with Crippen LogP contribution in [0, 0.1) is 18.8 Å². The lowest BCUT2D eigenvalue weighted by Gasteiger charge is -2.18. The maximum atomic E-state index is 6.47. The summed E-state index contributed by atoms with van der Waals surface area (Å²) in [5.74, 6) is 1.57. The van der Waals surface area contributed by atoms with Crippen molar-refractivity contribution < 1.29 is 0 Å². The fourth-order valence-corrected chi connectivity index (χ4v) is 2.52. The molecular formula is C14H19Cl. The first-order valence-electron chi connectivity index (χ1n) is 5.87. The lowest BCUT2D eigenvalue weighted by Crippen LogP contribution is -2.16. The van der Waals surface area contributed by atoms with Gasteiger partial charge in [-0.15, -0.1) is 11.6 Å². The van der Waals surface area contributed by atoms with Crippen LogP contribution in [0.1, 0.15) is 30.9 Å². The maximum absolute atomic E-state index is 6.47. The van der Waals surface area contributed by atoms with Crippen LogP contribution in [0.4, 0.5) is 0 Å². The summed E-state index contributed by atoms with van der Waals surface area (Å²) < 4.78 is 0. The first kappa shape index (κ1) is 11.0. The van der Waals surface area contributed by atoms with Gasteiger partial charge in [-0.05, 0) is 49.1 Å². The number of hydrogen-bond acceptors (Lipinski definition) is 0. The summed E-state index contributed by atoms with van der Waals surface area (Å²) in [7, 11) is 0. The smallest absolute Gasteiger partial charge is 0.0404 e. The van der Waals surface area contributed by atoms with Crippen molar-refractivity contribution in [2.45, 2.75) is 38.5 Å². The highest BCUT2D eigenvalue weighted by Gasteiger charge is 2.32. The second kappa shape index (κ2) is 4.57. The third kappa shape index (κ3) is 2.75. The Balaban J connectivity index is 1.98. The molecule has 1 saturated carbocycles. The molecule has 0 heterocycles. The van der Waals surface area contributed by atoms with Crippen LogP contribution in [0.5, 0.6) is 0 Å². The first-order chi connectivity index (χ1) is 7.18. The number of aryl methyl sites for hydroxylation is 1. The van der Waals surface area contributed by atoms with E-state index in [2.05, 4.69) is 38.1 Å². The highest BCUT2D eigenvalue weighted by Crippen LogP contribution is 2.40. The van der Waals surface area contributed by atoms with Crippen molar-refractivity contribution in [1.82, 2.24) is 0 Å². The SMILES string of the molecule is Cc1ccccc1CC(Cl)C(C)C1CC1. The van der Waals surface area contributed by atoms with E-state index in [1.165, 1.54) is 24.0 Å². The molecule has 1 aromatic carbocycles. The molecule has 0 spiro atoms. The van der Waals surface area contributed by atoms with E-state index in [0.29, 0.717) is 11.3 Å². The Kier molecular flexibility index (Phi) is 3.35. The number of halogens is 1. The topological polar surface area (TPSA) is 0 Å². The molecule has 2 rings (SSSR count). The van der Waals surface area contributed by atoms with E-state index < -0.39 is 0 Å². The van der Waals surface area contributed by atoms with Crippen LogP contribution in [0.15, 0.2) is 24.3 Å². The van der Waals surface area contributed by atoms with Crippen LogP contribution >= 0.6 is 11.6 Å². The highest BCUT2D eigenvalue weighted by atomic mass is 35.5. The van der Waals surface area contributed by atoms with Gasteiger partial charge in [-0.2, -0.15) is 0 Å². The van der Waals surface area contributed by atoms with E-state index in [-0.39, 0.29) is 0 Å². The van der Waals surface area contributed by atoms with Gasteiger partial charge >= 0.3 is 0 Å². The second-order valence-electron chi connectivity index (χ2n) is 4.84. The number of alkyl halides is 1. The van der Waals surface area contributed by atoms with E-state index >= 15 is 0 Å². The van der Waals surface area contributed by atoms with Crippen LogP contribution in [-0.4, -0.2) is 5.38 Å². The minimum Gasteiger partial charge on any atom is -0.122 e. The van der Waals surface area contributed by atoms with Gasteiger partial charge in [0.1, 0.15) is 0 Å². The summed E-state index contributed by atoms with van der Waals surface area (Å²) >= 11 is 6.47. The average Bonchev–Trinajstić information content (AvgIpc) is 3.04. The van der Waals surface area contributed by atoms with Gasteiger partial charge in [0.25, 0.3) is 0 Å². The molecule has 0 N–H and O–H groups in total. The molecule has 1 aliphatic carbocycles. The Morgan fingerprint density at radius 3 is 2.60 bits per heavy atom. The Hall–Kier alpha value is -0.490. The van der Waals surface area contributed by atoms with Crippen molar-refractivity contribution in [3.8, 4) is 0 Å².